The molecule has 7 heteroatoms. The highest BCUT2D eigenvalue weighted by Crippen LogP contribution is 2.20. The zero-order valence-electron chi connectivity index (χ0n) is 19.9. The van der Waals surface area contributed by atoms with E-state index in [1.54, 1.807) is 17.7 Å². The minimum atomic E-state index is -0.120. The Bertz CT molecular complexity index is 1340. The second kappa shape index (κ2) is 11.7. The molecule has 6 nitrogen and oxygen atoms in total. The Labute approximate surface area is 209 Å². The molecule has 1 aromatic heterocycles. The van der Waals surface area contributed by atoms with Crippen molar-refractivity contribution in [3.8, 4) is 5.75 Å². The molecular weight excluding hydrogens is 458 g/mol. The lowest BCUT2D eigenvalue weighted by atomic mass is 10.1. The number of fused-ring (bicyclic) bond motifs is 1. The number of ether oxygens (including phenoxy) is 1. The quantitative estimate of drug-likeness (QED) is 0.260. The van der Waals surface area contributed by atoms with Gasteiger partial charge in [-0.05, 0) is 55.2 Å². The number of carbonyl (C=O) groups is 1. The molecule has 1 amide bonds. The predicted molar refractivity (Wildman–Crippen MR) is 141 cm³/mol. The molecule has 1 heterocycles. The normalized spacial score (nSPS) is 11.8. The van der Waals surface area contributed by atoms with Gasteiger partial charge in [0.2, 0.25) is 5.91 Å². The number of nitrogens with one attached hydrogen (secondary N) is 1. The largest absolute Gasteiger partial charge is 0.497 e. The summed E-state index contributed by atoms with van der Waals surface area (Å²) in [6, 6.07) is 25.2. The molecule has 0 saturated heterocycles. The summed E-state index contributed by atoms with van der Waals surface area (Å²) in [5.41, 5.74) is 2.71. The van der Waals surface area contributed by atoms with Crippen LogP contribution < -0.4 is 15.6 Å². The van der Waals surface area contributed by atoms with Crippen LogP contribution in [0.4, 0.5) is 0 Å². The van der Waals surface area contributed by atoms with Crippen LogP contribution >= 0.6 is 11.8 Å². The van der Waals surface area contributed by atoms with Crippen LogP contribution in [0, 0.1) is 0 Å². The van der Waals surface area contributed by atoms with Crippen molar-refractivity contribution >= 4 is 28.6 Å². The van der Waals surface area contributed by atoms with Crippen LogP contribution in [0.5, 0.6) is 5.75 Å². The fourth-order valence-electron chi connectivity index (χ4n) is 3.86. The minimum Gasteiger partial charge on any atom is -0.497 e. The number of aryl methyl sites for hydroxylation is 1. The van der Waals surface area contributed by atoms with Crippen molar-refractivity contribution < 1.29 is 9.53 Å². The lowest BCUT2D eigenvalue weighted by Gasteiger charge is -2.15. The van der Waals surface area contributed by atoms with Crippen LogP contribution in [0.1, 0.15) is 24.5 Å². The molecule has 0 aliphatic rings. The van der Waals surface area contributed by atoms with E-state index in [2.05, 4.69) is 17.4 Å². The molecule has 1 unspecified atom stereocenters. The van der Waals surface area contributed by atoms with Gasteiger partial charge >= 0.3 is 0 Å². The highest BCUT2D eigenvalue weighted by atomic mass is 32.2. The van der Waals surface area contributed by atoms with Crippen LogP contribution in [0.25, 0.3) is 10.9 Å². The van der Waals surface area contributed by atoms with Crippen molar-refractivity contribution in [1.29, 1.82) is 0 Å². The number of aromatic nitrogens is 2. The highest BCUT2D eigenvalue weighted by molar-refractivity contribution is 7.99. The molecule has 1 atom stereocenters. The number of amides is 1. The van der Waals surface area contributed by atoms with Gasteiger partial charge in [-0.3, -0.25) is 14.2 Å². The molecule has 0 aliphatic carbocycles. The maximum absolute atomic E-state index is 13.3. The first-order valence-corrected chi connectivity index (χ1v) is 12.6. The fraction of sp³-hybridized carbons (Fsp3) is 0.250. The molecule has 0 spiro atoms. The third-order valence-electron chi connectivity index (χ3n) is 5.77. The number of hydrogen-bond donors (Lipinski definition) is 1. The Balaban J connectivity index is 1.46. The molecule has 1 N–H and O–H groups in total. The van der Waals surface area contributed by atoms with Crippen LogP contribution in [0.3, 0.4) is 0 Å². The Morgan fingerprint density at radius 3 is 2.46 bits per heavy atom. The van der Waals surface area contributed by atoms with Crippen molar-refractivity contribution in [3.63, 3.8) is 0 Å². The fourth-order valence-corrected chi connectivity index (χ4v) is 4.67. The van der Waals surface area contributed by atoms with Gasteiger partial charge in [-0.15, -0.1) is 0 Å². The molecule has 180 valence electrons. The van der Waals surface area contributed by atoms with E-state index >= 15 is 0 Å². The SMILES string of the molecule is COc1ccc(Cn2c(SCC(=O)NC(C)CCc3ccccc3)nc3ccccc3c2=O)cc1. The highest BCUT2D eigenvalue weighted by Gasteiger charge is 2.15. The summed E-state index contributed by atoms with van der Waals surface area (Å²) in [5, 5.41) is 4.15. The van der Waals surface area contributed by atoms with Gasteiger partial charge in [0.25, 0.3) is 5.56 Å². The first-order chi connectivity index (χ1) is 17.0. The van der Waals surface area contributed by atoms with E-state index in [1.165, 1.54) is 17.3 Å². The Morgan fingerprint density at radius 1 is 1.00 bits per heavy atom. The number of carbonyl (C=O) groups excluding carboxylic acids is 1. The number of nitrogens with zero attached hydrogens (tertiary/aromatic N) is 2. The molecule has 3 aromatic carbocycles. The minimum absolute atomic E-state index is 0.0503. The Morgan fingerprint density at radius 2 is 1.71 bits per heavy atom. The van der Waals surface area contributed by atoms with Crippen molar-refractivity contribution in [2.45, 2.75) is 37.5 Å². The monoisotopic (exact) mass is 487 g/mol. The molecule has 0 aliphatic heterocycles. The van der Waals surface area contributed by atoms with Gasteiger partial charge in [0.15, 0.2) is 5.16 Å². The summed E-state index contributed by atoms with van der Waals surface area (Å²) in [6.45, 7) is 2.37. The molecule has 4 aromatic rings. The summed E-state index contributed by atoms with van der Waals surface area (Å²) in [5.74, 6) is 0.864. The molecule has 35 heavy (non-hydrogen) atoms. The summed E-state index contributed by atoms with van der Waals surface area (Å²) >= 11 is 1.28. The second-order valence-corrected chi connectivity index (χ2v) is 9.37. The van der Waals surface area contributed by atoms with E-state index in [0.29, 0.717) is 22.6 Å². The smallest absolute Gasteiger partial charge is 0.262 e. The molecule has 0 bridgehead atoms. The Kier molecular flexibility index (Phi) is 8.21. The average Bonchev–Trinajstić information content (AvgIpc) is 2.89. The number of benzene rings is 3. The third-order valence-corrected chi connectivity index (χ3v) is 6.75. The number of methoxy groups -OCH3 is 1. The number of hydrogen-bond acceptors (Lipinski definition) is 5. The van der Waals surface area contributed by atoms with Crippen LogP contribution in [0.15, 0.2) is 88.8 Å². The molecular formula is C28H29N3O3S. The first kappa shape index (κ1) is 24.5. The van der Waals surface area contributed by atoms with E-state index in [0.717, 1.165) is 24.2 Å². The van der Waals surface area contributed by atoms with E-state index in [4.69, 9.17) is 9.72 Å². The molecule has 0 fully saturated rings. The molecule has 4 rings (SSSR count). The molecule has 0 saturated carbocycles. The standard InChI is InChI=1S/C28H29N3O3S/c1-20(12-13-21-8-4-3-5-9-21)29-26(32)19-35-28-30-25-11-7-6-10-24(25)27(33)31(28)18-22-14-16-23(34-2)17-15-22/h3-11,14-17,20H,12-13,18-19H2,1-2H3,(H,29,32). The van der Waals surface area contributed by atoms with Gasteiger partial charge in [0, 0.05) is 6.04 Å². The first-order valence-electron chi connectivity index (χ1n) is 11.6. The zero-order chi connectivity index (χ0) is 24.6. The number of thioether (sulfide) groups is 1. The van der Waals surface area contributed by atoms with Crippen molar-refractivity contribution in [2.75, 3.05) is 12.9 Å². The predicted octanol–water partition coefficient (Wildman–Crippen LogP) is 4.68. The summed E-state index contributed by atoms with van der Waals surface area (Å²) in [7, 11) is 1.62. The number of rotatable bonds is 10. The van der Waals surface area contributed by atoms with Gasteiger partial charge < -0.3 is 10.1 Å². The van der Waals surface area contributed by atoms with Crippen molar-refractivity contribution in [1.82, 2.24) is 14.9 Å². The van der Waals surface area contributed by atoms with Crippen LogP contribution in [-0.4, -0.2) is 34.4 Å². The zero-order valence-corrected chi connectivity index (χ0v) is 20.8. The second-order valence-electron chi connectivity index (χ2n) is 8.43. The lowest BCUT2D eigenvalue weighted by Crippen LogP contribution is -2.34. The maximum Gasteiger partial charge on any atom is 0.262 e. The van der Waals surface area contributed by atoms with E-state index in [-0.39, 0.29) is 23.3 Å². The van der Waals surface area contributed by atoms with Gasteiger partial charge in [-0.2, -0.15) is 0 Å². The average molecular weight is 488 g/mol. The molecule has 0 radical (unpaired) electrons. The topological polar surface area (TPSA) is 73.2 Å². The van der Waals surface area contributed by atoms with Crippen LogP contribution in [-0.2, 0) is 17.8 Å². The van der Waals surface area contributed by atoms with E-state index < -0.39 is 0 Å². The van der Waals surface area contributed by atoms with Gasteiger partial charge in [0.1, 0.15) is 5.75 Å². The van der Waals surface area contributed by atoms with Gasteiger partial charge in [0.05, 0.1) is 30.3 Å². The summed E-state index contributed by atoms with van der Waals surface area (Å²) in [6.07, 6.45) is 1.76. The van der Waals surface area contributed by atoms with Crippen molar-refractivity contribution in [3.05, 3.63) is 100 Å². The van der Waals surface area contributed by atoms with Gasteiger partial charge in [-0.1, -0.05) is 66.4 Å². The maximum atomic E-state index is 13.3. The van der Waals surface area contributed by atoms with Gasteiger partial charge in [-0.25, -0.2) is 4.98 Å². The summed E-state index contributed by atoms with van der Waals surface area (Å²) in [4.78, 5) is 30.7. The summed E-state index contributed by atoms with van der Waals surface area (Å²) < 4.78 is 6.87. The lowest BCUT2D eigenvalue weighted by molar-refractivity contribution is -0.119. The van der Waals surface area contributed by atoms with E-state index in [9.17, 15) is 9.59 Å². The third kappa shape index (κ3) is 6.51. The Hall–Kier alpha value is -3.58. The van der Waals surface area contributed by atoms with Crippen LogP contribution in [0.2, 0.25) is 0 Å². The number of para-hydroxylation sites is 1. The van der Waals surface area contributed by atoms with Crippen molar-refractivity contribution in [2.24, 2.45) is 0 Å². The van der Waals surface area contributed by atoms with E-state index in [1.807, 2.05) is 67.6 Å².